The Morgan fingerprint density at radius 2 is 1.84 bits per heavy atom. The Morgan fingerprint density at radius 3 is 2.59 bits per heavy atom. The Labute approximate surface area is 217 Å². The molecule has 0 aliphatic carbocycles. The van der Waals surface area contributed by atoms with E-state index in [0.29, 0.717) is 41.2 Å². The zero-order valence-electron chi connectivity index (χ0n) is 19.9. The van der Waals surface area contributed by atoms with Crippen molar-refractivity contribution in [3.8, 4) is 28.8 Å². The fourth-order valence-corrected chi connectivity index (χ4v) is 5.74. The number of aromatic hydroxyl groups is 1. The molecule has 184 valence electrons. The van der Waals surface area contributed by atoms with E-state index in [1.807, 2.05) is 60.7 Å². The van der Waals surface area contributed by atoms with E-state index >= 15 is 0 Å². The number of rotatable bonds is 3. The molecule has 2 unspecified atom stereocenters. The smallest absolute Gasteiger partial charge is 0.336 e. The first-order valence-electron chi connectivity index (χ1n) is 11.9. The second-order valence-electron chi connectivity index (χ2n) is 9.28. The molecular formula is C28H22ClN5O3. The van der Waals surface area contributed by atoms with Crippen LogP contribution in [0.2, 0.25) is 5.02 Å². The van der Waals surface area contributed by atoms with Crippen LogP contribution < -0.4 is 11.0 Å². The van der Waals surface area contributed by atoms with Crippen LogP contribution in [0, 0.1) is 18.3 Å². The number of anilines is 1. The lowest BCUT2D eigenvalue weighted by Gasteiger charge is -2.28. The van der Waals surface area contributed by atoms with Crippen LogP contribution in [0.5, 0.6) is 5.88 Å². The fourth-order valence-electron chi connectivity index (χ4n) is 5.54. The van der Waals surface area contributed by atoms with Crippen LogP contribution in [0.25, 0.3) is 16.8 Å². The number of aromatic nitrogens is 2. The van der Waals surface area contributed by atoms with Crippen molar-refractivity contribution in [3.63, 3.8) is 0 Å². The average molecular weight is 512 g/mol. The summed E-state index contributed by atoms with van der Waals surface area (Å²) in [6, 6.07) is 21.6. The number of imidazole rings is 1. The summed E-state index contributed by atoms with van der Waals surface area (Å²) in [5, 5.41) is 23.7. The van der Waals surface area contributed by atoms with E-state index in [1.54, 1.807) is 22.5 Å². The summed E-state index contributed by atoms with van der Waals surface area (Å²) in [6.45, 7) is 2.05. The van der Waals surface area contributed by atoms with Crippen LogP contribution in [0.15, 0.2) is 71.5 Å². The number of hydrogen-bond donors (Lipinski definition) is 2. The summed E-state index contributed by atoms with van der Waals surface area (Å²) in [4.78, 5) is 28.5. The van der Waals surface area contributed by atoms with Gasteiger partial charge in [-0.2, -0.15) is 5.26 Å². The van der Waals surface area contributed by atoms with Crippen LogP contribution in [-0.2, 0) is 0 Å². The minimum absolute atomic E-state index is 0.219. The number of amides is 2. The number of hydrogen-bond acceptors (Lipinski definition) is 4. The molecule has 1 fully saturated rings. The van der Waals surface area contributed by atoms with E-state index in [9.17, 15) is 20.0 Å². The normalized spacial score (nSPS) is 17.5. The van der Waals surface area contributed by atoms with Gasteiger partial charge in [-0.3, -0.25) is 4.57 Å². The van der Waals surface area contributed by atoms with Gasteiger partial charge in [-0.05, 0) is 42.7 Å². The van der Waals surface area contributed by atoms with Gasteiger partial charge >= 0.3 is 11.7 Å². The van der Waals surface area contributed by atoms with E-state index in [0.717, 1.165) is 11.1 Å². The highest BCUT2D eigenvalue weighted by molar-refractivity contribution is 6.32. The number of carbonyl (C=O) groups is 1. The molecule has 9 heteroatoms. The number of nitrogens with one attached hydrogen (secondary N) is 1. The molecule has 0 radical (unpaired) electrons. The highest BCUT2D eigenvalue weighted by atomic mass is 35.5. The molecule has 2 amide bonds. The van der Waals surface area contributed by atoms with Crippen molar-refractivity contribution in [2.45, 2.75) is 25.4 Å². The fraction of sp³-hybridized carbons (Fsp3) is 0.179. The van der Waals surface area contributed by atoms with Gasteiger partial charge in [0.2, 0.25) is 5.88 Å². The predicted molar refractivity (Wildman–Crippen MR) is 140 cm³/mol. The third-order valence-corrected chi connectivity index (χ3v) is 7.78. The molecule has 6 rings (SSSR count). The molecule has 4 aromatic rings. The number of urea groups is 1. The topological polar surface area (TPSA) is 103 Å². The number of halogens is 1. The van der Waals surface area contributed by atoms with Crippen molar-refractivity contribution in [1.82, 2.24) is 14.0 Å². The largest absolute Gasteiger partial charge is 0.493 e. The predicted octanol–water partition coefficient (Wildman–Crippen LogP) is 5.38. The Bertz CT molecular complexity index is 1670. The van der Waals surface area contributed by atoms with Gasteiger partial charge < -0.3 is 15.3 Å². The van der Waals surface area contributed by atoms with Gasteiger partial charge in [0.1, 0.15) is 11.8 Å². The lowest BCUT2D eigenvalue weighted by Crippen LogP contribution is -2.40. The number of nitrogens with zero attached hydrogens (tertiary/aromatic N) is 4. The van der Waals surface area contributed by atoms with Crippen LogP contribution in [0.1, 0.15) is 35.3 Å². The van der Waals surface area contributed by atoms with Gasteiger partial charge in [0, 0.05) is 12.1 Å². The lowest BCUT2D eigenvalue weighted by molar-refractivity contribution is 0.198. The number of likely N-dealkylation sites (tertiary alicyclic amines) is 1. The Balaban J connectivity index is 1.34. The van der Waals surface area contributed by atoms with Crippen LogP contribution in [0.4, 0.5) is 10.5 Å². The number of para-hydroxylation sites is 1. The molecule has 2 N–H and O–H groups in total. The zero-order chi connectivity index (χ0) is 25.8. The van der Waals surface area contributed by atoms with Gasteiger partial charge in [0.05, 0.1) is 34.0 Å². The van der Waals surface area contributed by atoms with Gasteiger partial charge in [-0.15, -0.1) is 0 Å². The molecule has 3 heterocycles. The van der Waals surface area contributed by atoms with Crippen LogP contribution in [-0.4, -0.2) is 31.7 Å². The minimum Gasteiger partial charge on any atom is -0.493 e. The first kappa shape index (κ1) is 23.0. The molecule has 2 atom stereocenters. The Kier molecular flexibility index (Phi) is 5.32. The first-order chi connectivity index (χ1) is 17.9. The molecule has 3 aromatic carbocycles. The molecule has 37 heavy (non-hydrogen) atoms. The van der Waals surface area contributed by atoms with E-state index in [-0.39, 0.29) is 23.0 Å². The van der Waals surface area contributed by atoms with Crippen molar-refractivity contribution in [3.05, 3.63) is 99.1 Å². The number of fused-ring (bicyclic) bond motifs is 5. The van der Waals surface area contributed by atoms with Gasteiger partial charge in [-0.25, -0.2) is 14.2 Å². The molecular weight excluding hydrogens is 490 g/mol. The molecule has 0 spiro atoms. The van der Waals surface area contributed by atoms with E-state index in [2.05, 4.69) is 5.32 Å². The summed E-state index contributed by atoms with van der Waals surface area (Å²) in [6.07, 6.45) is 0.555. The molecule has 2 aliphatic heterocycles. The van der Waals surface area contributed by atoms with E-state index in [1.165, 1.54) is 10.6 Å². The van der Waals surface area contributed by atoms with Crippen molar-refractivity contribution in [2.75, 3.05) is 11.9 Å². The first-order valence-corrected chi connectivity index (χ1v) is 12.3. The summed E-state index contributed by atoms with van der Waals surface area (Å²) < 4.78 is 2.79. The maximum atomic E-state index is 13.4. The summed E-state index contributed by atoms with van der Waals surface area (Å²) in [5.41, 5.74) is 3.80. The quantitative estimate of drug-likeness (QED) is 0.385. The highest BCUT2D eigenvalue weighted by Crippen LogP contribution is 2.49. The Hall–Kier alpha value is -4.48. The summed E-state index contributed by atoms with van der Waals surface area (Å²) in [5.74, 6) is -0.219. The maximum absolute atomic E-state index is 13.4. The standard InChI is InChI=1S/C28H22ClN5O3/c1-16-22(12-11-18(14-30)24(16)29)34-26(35)25-23-13-19(33(25)28(34)37)15-32(23)27(36)31-21-10-6-5-9-20(21)17-7-3-2-4-8-17/h2-12,19,23,35H,13,15H2,1H3,(H,31,36). The number of nitriles is 1. The molecule has 0 saturated carbocycles. The third kappa shape index (κ3) is 3.43. The van der Waals surface area contributed by atoms with Gasteiger partial charge in [0.25, 0.3) is 0 Å². The molecule has 1 aromatic heterocycles. The van der Waals surface area contributed by atoms with Gasteiger partial charge in [0.15, 0.2) is 0 Å². The second-order valence-corrected chi connectivity index (χ2v) is 9.66. The van der Waals surface area contributed by atoms with Crippen molar-refractivity contribution < 1.29 is 9.90 Å². The summed E-state index contributed by atoms with van der Waals surface area (Å²) >= 11 is 6.33. The third-order valence-electron chi connectivity index (χ3n) is 7.29. The average Bonchev–Trinajstić information content (AvgIpc) is 3.58. The van der Waals surface area contributed by atoms with Crippen molar-refractivity contribution in [2.24, 2.45) is 0 Å². The molecule has 1 saturated heterocycles. The van der Waals surface area contributed by atoms with Crippen LogP contribution >= 0.6 is 11.6 Å². The highest BCUT2D eigenvalue weighted by Gasteiger charge is 2.49. The Morgan fingerprint density at radius 1 is 1.11 bits per heavy atom. The summed E-state index contributed by atoms with van der Waals surface area (Å²) in [7, 11) is 0. The molecule has 8 nitrogen and oxygen atoms in total. The minimum atomic E-state index is -0.447. The van der Waals surface area contributed by atoms with Crippen molar-refractivity contribution >= 4 is 23.3 Å². The van der Waals surface area contributed by atoms with Crippen molar-refractivity contribution in [1.29, 1.82) is 5.26 Å². The monoisotopic (exact) mass is 511 g/mol. The van der Waals surface area contributed by atoms with E-state index < -0.39 is 11.7 Å². The van der Waals surface area contributed by atoms with Crippen LogP contribution in [0.3, 0.4) is 0 Å². The SMILES string of the molecule is Cc1c(-n2c(O)c3n(c2=O)C2CC3N(C(=O)Nc3ccccc3-c3ccccc3)C2)ccc(C#N)c1Cl. The lowest BCUT2D eigenvalue weighted by atomic mass is 10.0. The zero-order valence-corrected chi connectivity index (χ0v) is 20.6. The number of benzene rings is 3. The maximum Gasteiger partial charge on any atom is 0.336 e. The molecule has 2 bridgehead atoms. The van der Waals surface area contributed by atoms with Gasteiger partial charge in [-0.1, -0.05) is 60.1 Å². The molecule has 2 aliphatic rings. The number of carbonyl (C=O) groups excluding carboxylic acids is 1. The second kappa shape index (κ2) is 8.57. The van der Waals surface area contributed by atoms with E-state index in [4.69, 9.17) is 11.6 Å².